The van der Waals surface area contributed by atoms with Gasteiger partial charge in [0.1, 0.15) is 0 Å². The molecule has 5 heteroatoms. The van der Waals surface area contributed by atoms with Gasteiger partial charge in [-0.3, -0.25) is 4.79 Å². The summed E-state index contributed by atoms with van der Waals surface area (Å²) in [6.45, 7) is 1.21. The zero-order valence-electron chi connectivity index (χ0n) is 11.7. The maximum Gasteiger partial charge on any atom is 0.224 e. The van der Waals surface area contributed by atoms with Gasteiger partial charge in [-0.2, -0.15) is 0 Å². The Morgan fingerprint density at radius 2 is 2.00 bits per heavy atom. The van der Waals surface area contributed by atoms with Crippen molar-refractivity contribution in [3.63, 3.8) is 0 Å². The van der Waals surface area contributed by atoms with Crippen LogP contribution in [-0.4, -0.2) is 31.1 Å². The topological polar surface area (TPSA) is 57.7 Å². The van der Waals surface area contributed by atoms with E-state index in [4.69, 9.17) is 14.2 Å². The highest BCUT2D eigenvalue weighted by Gasteiger charge is 2.18. The Morgan fingerprint density at radius 1 is 1.19 bits per heavy atom. The number of aromatic nitrogens is 1. The fourth-order valence-corrected chi connectivity index (χ4v) is 2.19. The van der Waals surface area contributed by atoms with E-state index < -0.39 is 0 Å². The minimum atomic E-state index is -0.157. The van der Waals surface area contributed by atoms with Crippen molar-refractivity contribution in [3.8, 4) is 17.4 Å². The highest BCUT2D eigenvalue weighted by Crippen LogP contribution is 2.31. The van der Waals surface area contributed by atoms with E-state index in [-0.39, 0.29) is 5.78 Å². The van der Waals surface area contributed by atoms with Crippen molar-refractivity contribution in [3.05, 3.63) is 47.7 Å². The van der Waals surface area contributed by atoms with Crippen LogP contribution in [-0.2, 0) is 0 Å². The SMILES string of the molecule is COc1ncccc1C(=O)c1ccc2c(c1)OCCCO2. The normalized spacial score (nSPS) is 13.4. The molecule has 1 aliphatic heterocycles. The van der Waals surface area contributed by atoms with E-state index >= 15 is 0 Å². The van der Waals surface area contributed by atoms with Gasteiger partial charge in [-0.1, -0.05) is 0 Å². The van der Waals surface area contributed by atoms with Gasteiger partial charge in [0.25, 0.3) is 0 Å². The minimum absolute atomic E-state index is 0.157. The number of carbonyl (C=O) groups excluding carboxylic acids is 1. The van der Waals surface area contributed by atoms with E-state index in [1.165, 1.54) is 7.11 Å². The standard InChI is InChI=1S/C16H15NO4/c1-19-16-12(4-2-7-17-16)15(18)11-5-6-13-14(10-11)21-9-3-8-20-13/h2,4-7,10H,3,8-9H2,1H3. The second kappa shape index (κ2) is 5.83. The first-order chi connectivity index (χ1) is 10.3. The van der Waals surface area contributed by atoms with Crippen molar-refractivity contribution < 1.29 is 19.0 Å². The van der Waals surface area contributed by atoms with Gasteiger partial charge < -0.3 is 14.2 Å². The molecular weight excluding hydrogens is 270 g/mol. The van der Waals surface area contributed by atoms with Crippen LogP contribution < -0.4 is 14.2 Å². The molecule has 0 saturated heterocycles. The second-order valence-corrected chi connectivity index (χ2v) is 4.60. The number of rotatable bonds is 3. The van der Waals surface area contributed by atoms with Gasteiger partial charge in [-0.15, -0.1) is 0 Å². The lowest BCUT2D eigenvalue weighted by atomic mass is 10.0. The van der Waals surface area contributed by atoms with Crippen molar-refractivity contribution in [1.82, 2.24) is 4.98 Å². The van der Waals surface area contributed by atoms with Gasteiger partial charge in [0.2, 0.25) is 5.88 Å². The molecular formula is C16H15NO4. The first kappa shape index (κ1) is 13.4. The van der Waals surface area contributed by atoms with Crippen LogP contribution in [0.5, 0.6) is 17.4 Å². The summed E-state index contributed by atoms with van der Waals surface area (Å²) >= 11 is 0. The number of carbonyl (C=O) groups is 1. The summed E-state index contributed by atoms with van der Waals surface area (Å²) < 4.78 is 16.3. The molecule has 0 atom stereocenters. The predicted octanol–water partition coefficient (Wildman–Crippen LogP) is 2.48. The summed E-state index contributed by atoms with van der Waals surface area (Å²) in [7, 11) is 1.49. The van der Waals surface area contributed by atoms with E-state index in [2.05, 4.69) is 4.98 Å². The fourth-order valence-electron chi connectivity index (χ4n) is 2.19. The van der Waals surface area contributed by atoms with Crippen molar-refractivity contribution in [2.24, 2.45) is 0 Å². The first-order valence-corrected chi connectivity index (χ1v) is 6.73. The number of pyridine rings is 1. The molecule has 0 aliphatic carbocycles. The molecule has 1 aliphatic rings. The number of hydrogen-bond donors (Lipinski definition) is 0. The largest absolute Gasteiger partial charge is 0.490 e. The van der Waals surface area contributed by atoms with Gasteiger partial charge >= 0.3 is 0 Å². The van der Waals surface area contributed by atoms with E-state index in [1.807, 2.05) is 0 Å². The average Bonchev–Trinajstić information content (AvgIpc) is 2.78. The highest BCUT2D eigenvalue weighted by molar-refractivity contribution is 6.10. The molecule has 108 valence electrons. The van der Waals surface area contributed by atoms with Crippen LogP contribution >= 0.6 is 0 Å². The molecule has 0 fully saturated rings. The molecule has 0 radical (unpaired) electrons. The van der Waals surface area contributed by atoms with Gasteiger partial charge in [0.15, 0.2) is 17.3 Å². The number of ketones is 1. The monoisotopic (exact) mass is 285 g/mol. The molecule has 21 heavy (non-hydrogen) atoms. The van der Waals surface area contributed by atoms with Crippen LogP contribution in [0.4, 0.5) is 0 Å². The molecule has 1 aromatic carbocycles. The molecule has 5 nitrogen and oxygen atoms in total. The number of fused-ring (bicyclic) bond motifs is 1. The number of hydrogen-bond acceptors (Lipinski definition) is 5. The van der Waals surface area contributed by atoms with Crippen LogP contribution in [0, 0.1) is 0 Å². The molecule has 0 unspecified atom stereocenters. The Labute approximate surface area is 122 Å². The van der Waals surface area contributed by atoms with Crippen molar-refractivity contribution in [2.75, 3.05) is 20.3 Å². The van der Waals surface area contributed by atoms with Crippen LogP contribution in [0.15, 0.2) is 36.5 Å². The first-order valence-electron chi connectivity index (χ1n) is 6.73. The van der Waals surface area contributed by atoms with E-state index in [1.54, 1.807) is 36.5 Å². The number of methoxy groups -OCH3 is 1. The Hall–Kier alpha value is -2.56. The summed E-state index contributed by atoms with van der Waals surface area (Å²) in [6.07, 6.45) is 2.41. The summed E-state index contributed by atoms with van der Waals surface area (Å²) in [5.74, 6) is 1.42. The van der Waals surface area contributed by atoms with Gasteiger partial charge in [-0.05, 0) is 30.3 Å². The average molecular weight is 285 g/mol. The van der Waals surface area contributed by atoms with Crippen LogP contribution in [0.1, 0.15) is 22.3 Å². The smallest absolute Gasteiger partial charge is 0.224 e. The molecule has 3 rings (SSSR count). The second-order valence-electron chi connectivity index (χ2n) is 4.60. The van der Waals surface area contributed by atoms with Gasteiger partial charge in [0.05, 0.1) is 25.9 Å². The predicted molar refractivity (Wildman–Crippen MR) is 76.3 cm³/mol. The molecule has 0 saturated carbocycles. The summed E-state index contributed by atoms with van der Waals surface area (Å²) in [5, 5.41) is 0. The molecule has 0 spiro atoms. The Kier molecular flexibility index (Phi) is 3.73. The quantitative estimate of drug-likeness (QED) is 0.811. The Morgan fingerprint density at radius 3 is 2.81 bits per heavy atom. The number of ether oxygens (including phenoxy) is 3. The molecule has 0 amide bonds. The Balaban J connectivity index is 1.97. The lowest BCUT2D eigenvalue weighted by Crippen LogP contribution is -2.05. The van der Waals surface area contributed by atoms with Crippen LogP contribution in [0.25, 0.3) is 0 Å². The third-order valence-corrected chi connectivity index (χ3v) is 3.22. The van der Waals surface area contributed by atoms with Crippen LogP contribution in [0.2, 0.25) is 0 Å². The molecule has 0 bridgehead atoms. The Bertz CT molecular complexity index is 669. The lowest BCUT2D eigenvalue weighted by molar-refractivity contribution is 0.103. The number of nitrogens with zero attached hydrogens (tertiary/aromatic N) is 1. The van der Waals surface area contributed by atoms with Crippen molar-refractivity contribution in [1.29, 1.82) is 0 Å². The fraction of sp³-hybridized carbons (Fsp3) is 0.250. The van der Waals surface area contributed by atoms with E-state index in [0.29, 0.717) is 41.7 Å². The van der Waals surface area contributed by atoms with E-state index in [0.717, 1.165) is 6.42 Å². The minimum Gasteiger partial charge on any atom is -0.490 e. The zero-order valence-corrected chi connectivity index (χ0v) is 11.7. The van der Waals surface area contributed by atoms with Crippen molar-refractivity contribution >= 4 is 5.78 Å². The summed E-state index contributed by atoms with van der Waals surface area (Å²) in [4.78, 5) is 16.6. The molecule has 0 N–H and O–H groups in total. The molecule has 2 aromatic rings. The maximum atomic E-state index is 12.6. The van der Waals surface area contributed by atoms with Crippen LogP contribution in [0.3, 0.4) is 0 Å². The lowest BCUT2D eigenvalue weighted by Gasteiger charge is -2.10. The number of benzene rings is 1. The third-order valence-electron chi connectivity index (χ3n) is 3.22. The van der Waals surface area contributed by atoms with E-state index in [9.17, 15) is 4.79 Å². The highest BCUT2D eigenvalue weighted by atomic mass is 16.5. The molecule has 1 aromatic heterocycles. The zero-order chi connectivity index (χ0) is 14.7. The third kappa shape index (κ3) is 2.67. The summed E-state index contributed by atoms with van der Waals surface area (Å²) in [5.41, 5.74) is 0.944. The maximum absolute atomic E-state index is 12.6. The van der Waals surface area contributed by atoms with Crippen molar-refractivity contribution in [2.45, 2.75) is 6.42 Å². The molecule has 2 heterocycles. The van der Waals surface area contributed by atoms with Gasteiger partial charge in [0, 0.05) is 18.2 Å². The summed E-state index contributed by atoms with van der Waals surface area (Å²) in [6, 6.07) is 8.59. The van der Waals surface area contributed by atoms with Gasteiger partial charge in [-0.25, -0.2) is 4.98 Å².